The number of amides is 1. The van der Waals surface area contributed by atoms with Crippen LogP contribution in [-0.2, 0) is 9.59 Å². The van der Waals surface area contributed by atoms with Crippen LogP contribution in [0.4, 0.5) is 4.39 Å². The molecule has 0 radical (unpaired) electrons. The van der Waals surface area contributed by atoms with E-state index in [4.69, 9.17) is 16.6 Å². The average molecular weight is 376 g/mol. The second kappa shape index (κ2) is 7.20. The standard InChI is InChI=1S/C17H12FNO4S2/c18-12-4-2-1-3-11(12)13-6-5-10(23-13)9-14-16(22)19(17(24)25-14)8-7-15(20)21/h1-6,9H,7-8H2,(H,20,21)/p-1/b14-9+. The van der Waals surface area contributed by atoms with Crippen LogP contribution in [0.2, 0.25) is 0 Å². The van der Waals surface area contributed by atoms with Gasteiger partial charge in [0, 0.05) is 25.0 Å². The van der Waals surface area contributed by atoms with E-state index < -0.39 is 11.8 Å². The van der Waals surface area contributed by atoms with Crippen molar-refractivity contribution in [1.82, 2.24) is 4.90 Å². The highest BCUT2D eigenvalue weighted by Crippen LogP contribution is 2.33. The van der Waals surface area contributed by atoms with Crippen molar-refractivity contribution in [2.45, 2.75) is 6.42 Å². The molecular weight excluding hydrogens is 365 g/mol. The van der Waals surface area contributed by atoms with Crippen molar-refractivity contribution in [3.63, 3.8) is 0 Å². The number of carboxylic acid groups (broad SMARTS) is 1. The normalized spacial score (nSPS) is 16.0. The number of carbonyl (C=O) groups is 2. The van der Waals surface area contributed by atoms with Gasteiger partial charge in [0.1, 0.15) is 21.7 Å². The molecule has 25 heavy (non-hydrogen) atoms. The molecule has 0 N–H and O–H groups in total. The lowest BCUT2D eigenvalue weighted by molar-refractivity contribution is -0.305. The van der Waals surface area contributed by atoms with E-state index >= 15 is 0 Å². The summed E-state index contributed by atoms with van der Waals surface area (Å²) in [6, 6.07) is 9.44. The minimum atomic E-state index is -1.25. The third-order valence-electron chi connectivity index (χ3n) is 3.45. The summed E-state index contributed by atoms with van der Waals surface area (Å²) in [6.45, 7) is -0.0387. The van der Waals surface area contributed by atoms with Crippen LogP contribution in [0.15, 0.2) is 45.7 Å². The van der Waals surface area contributed by atoms with Crippen molar-refractivity contribution in [2.24, 2.45) is 0 Å². The van der Waals surface area contributed by atoms with Crippen LogP contribution in [0.1, 0.15) is 12.2 Å². The summed E-state index contributed by atoms with van der Waals surface area (Å²) < 4.78 is 19.7. The third kappa shape index (κ3) is 3.80. The summed E-state index contributed by atoms with van der Waals surface area (Å²) in [5.41, 5.74) is 0.323. The summed E-state index contributed by atoms with van der Waals surface area (Å²) in [7, 11) is 0. The van der Waals surface area contributed by atoms with Gasteiger partial charge in [0.05, 0.1) is 10.5 Å². The number of rotatable bonds is 5. The third-order valence-corrected chi connectivity index (χ3v) is 4.83. The first-order valence-corrected chi connectivity index (χ1v) is 8.48. The fraction of sp³-hybridized carbons (Fsp3) is 0.118. The Morgan fingerprint density at radius 2 is 2.08 bits per heavy atom. The van der Waals surface area contributed by atoms with Gasteiger partial charge in [-0.1, -0.05) is 36.1 Å². The van der Waals surface area contributed by atoms with Gasteiger partial charge in [0.25, 0.3) is 5.91 Å². The van der Waals surface area contributed by atoms with Gasteiger partial charge in [-0.25, -0.2) is 4.39 Å². The number of hydrogen-bond donors (Lipinski definition) is 0. The average Bonchev–Trinajstić information content (AvgIpc) is 3.12. The molecule has 1 aromatic heterocycles. The van der Waals surface area contributed by atoms with Crippen LogP contribution in [-0.4, -0.2) is 27.6 Å². The molecular formula is C17H11FNO4S2-. The molecule has 5 nitrogen and oxygen atoms in total. The zero-order chi connectivity index (χ0) is 18.0. The molecule has 0 unspecified atom stereocenters. The first-order valence-electron chi connectivity index (χ1n) is 7.25. The molecule has 1 amide bonds. The molecule has 0 bridgehead atoms. The number of carbonyl (C=O) groups excluding carboxylic acids is 2. The fourth-order valence-electron chi connectivity index (χ4n) is 2.26. The summed E-state index contributed by atoms with van der Waals surface area (Å²) in [4.78, 5) is 24.4. The van der Waals surface area contributed by atoms with Gasteiger partial charge < -0.3 is 14.3 Å². The van der Waals surface area contributed by atoms with Crippen LogP contribution in [0.3, 0.4) is 0 Å². The predicted octanol–water partition coefficient (Wildman–Crippen LogP) is 2.43. The summed E-state index contributed by atoms with van der Waals surface area (Å²) in [6.07, 6.45) is 1.21. The first kappa shape index (κ1) is 17.4. The molecule has 128 valence electrons. The van der Waals surface area contributed by atoms with Crippen LogP contribution < -0.4 is 5.11 Å². The molecule has 1 aliphatic heterocycles. The summed E-state index contributed by atoms with van der Waals surface area (Å²) >= 11 is 6.15. The Labute approximate surface area is 152 Å². The smallest absolute Gasteiger partial charge is 0.266 e. The number of thioether (sulfide) groups is 1. The second-order valence-corrected chi connectivity index (χ2v) is 6.81. The molecule has 2 aromatic rings. The van der Waals surface area contributed by atoms with Crippen LogP contribution in [0, 0.1) is 5.82 Å². The molecule has 0 aliphatic carbocycles. The van der Waals surface area contributed by atoms with Crippen molar-refractivity contribution in [1.29, 1.82) is 0 Å². The Hall–Kier alpha value is -2.45. The zero-order valence-corrected chi connectivity index (χ0v) is 14.4. The van der Waals surface area contributed by atoms with E-state index in [1.54, 1.807) is 30.3 Å². The van der Waals surface area contributed by atoms with E-state index in [9.17, 15) is 19.1 Å². The lowest BCUT2D eigenvalue weighted by Gasteiger charge is -2.14. The molecule has 8 heteroatoms. The van der Waals surface area contributed by atoms with E-state index in [1.807, 2.05) is 0 Å². The quantitative estimate of drug-likeness (QED) is 0.589. The number of benzene rings is 1. The second-order valence-electron chi connectivity index (χ2n) is 5.14. The molecule has 2 heterocycles. The van der Waals surface area contributed by atoms with Crippen molar-refractivity contribution >= 4 is 46.3 Å². The van der Waals surface area contributed by atoms with Gasteiger partial charge >= 0.3 is 0 Å². The summed E-state index contributed by atoms with van der Waals surface area (Å²) in [5.74, 6) is -1.33. The largest absolute Gasteiger partial charge is 0.550 e. The molecule has 0 saturated carbocycles. The number of furan rings is 1. The Bertz CT molecular complexity index is 890. The molecule has 1 saturated heterocycles. The highest BCUT2D eigenvalue weighted by atomic mass is 32.2. The number of carboxylic acids is 1. The zero-order valence-electron chi connectivity index (χ0n) is 12.7. The van der Waals surface area contributed by atoms with Crippen molar-refractivity contribution < 1.29 is 23.5 Å². The minimum absolute atomic E-state index is 0.0387. The minimum Gasteiger partial charge on any atom is -0.550 e. The highest BCUT2D eigenvalue weighted by Gasteiger charge is 2.31. The van der Waals surface area contributed by atoms with Gasteiger partial charge in [0.15, 0.2) is 0 Å². The van der Waals surface area contributed by atoms with Gasteiger partial charge in [0.2, 0.25) is 0 Å². The highest BCUT2D eigenvalue weighted by molar-refractivity contribution is 8.26. The Balaban J connectivity index is 1.80. The summed E-state index contributed by atoms with van der Waals surface area (Å²) in [5, 5.41) is 10.5. The Morgan fingerprint density at radius 1 is 1.32 bits per heavy atom. The molecule has 1 aliphatic rings. The monoisotopic (exact) mass is 376 g/mol. The maximum Gasteiger partial charge on any atom is 0.266 e. The lowest BCUT2D eigenvalue weighted by atomic mass is 10.1. The van der Waals surface area contributed by atoms with Gasteiger partial charge in [-0.15, -0.1) is 0 Å². The topological polar surface area (TPSA) is 73.6 Å². The van der Waals surface area contributed by atoms with Gasteiger partial charge in [-0.2, -0.15) is 0 Å². The fourth-order valence-corrected chi connectivity index (χ4v) is 3.55. The van der Waals surface area contributed by atoms with Crippen LogP contribution in [0.5, 0.6) is 0 Å². The maximum atomic E-state index is 13.8. The predicted molar refractivity (Wildman–Crippen MR) is 93.6 cm³/mol. The van der Waals surface area contributed by atoms with Crippen molar-refractivity contribution in [3.05, 3.63) is 52.9 Å². The number of nitrogens with zero attached hydrogens (tertiary/aromatic N) is 1. The molecule has 1 fully saturated rings. The van der Waals surface area contributed by atoms with Crippen LogP contribution >= 0.6 is 24.0 Å². The van der Waals surface area contributed by atoms with E-state index in [-0.39, 0.29) is 23.2 Å². The van der Waals surface area contributed by atoms with E-state index in [0.717, 1.165) is 11.8 Å². The van der Waals surface area contributed by atoms with Gasteiger partial charge in [-0.3, -0.25) is 9.69 Å². The Morgan fingerprint density at radius 3 is 2.80 bits per heavy atom. The molecule has 3 rings (SSSR count). The van der Waals surface area contributed by atoms with E-state index in [2.05, 4.69) is 0 Å². The number of thiocarbonyl (C=S) groups is 1. The first-order chi connectivity index (χ1) is 12.0. The van der Waals surface area contributed by atoms with Crippen molar-refractivity contribution in [3.8, 4) is 11.3 Å². The maximum absolute atomic E-state index is 13.8. The SMILES string of the molecule is O=C([O-])CCN1C(=O)/C(=C\c2ccc(-c3ccccc3F)o2)SC1=S. The van der Waals surface area contributed by atoms with E-state index in [1.165, 1.54) is 17.0 Å². The Kier molecular flexibility index (Phi) is 5.00. The van der Waals surface area contributed by atoms with Crippen molar-refractivity contribution in [2.75, 3.05) is 6.54 Å². The number of aliphatic carboxylic acids is 1. The molecule has 0 spiro atoms. The molecule has 0 atom stereocenters. The lowest BCUT2D eigenvalue weighted by Crippen LogP contribution is -2.33. The van der Waals surface area contributed by atoms with Crippen LogP contribution in [0.25, 0.3) is 17.4 Å². The molecule has 1 aromatic carbocycles. The number of hydrogen-bond acceptors (Lipinski definition) is 6. The number of halogens is 1. The van der Waals surface area contributed by atoms with E-state index in [0.29, 0.717) is 22.0 Å². The van der Waals surface area contributed by atoms with Gasteiger partial charge in [-0.05, 0) is 24.3 Å².